The number of aromatic nitrogens is 2. The maximum Gasteiger partial charge on any atom is 0.157 e. The first-order chi connectivity index (χ1) is 7.66. The Morgan fingerprint density at radius 2 is 2.31 bits per heavy atom. The van der Waals surface area contributed by atoms with Crippen molar-refractivity contribution >= 4 is 11.6 Å². The summed E-state index contributed by atoms with van der Waals surface area (Å²) in [5, 5.41) is 4.30. The van der Waals surface area contributed by atoms with E-state index in [1.165, 1.54) is 6.07 Å². The van der Waals surface area contributed by atoms with Crippen molar-refractivity contribution in [3.63, 3.8) is 0 Å². The van der Waals surface area contributed by atoms with Crippen LogP contribution in [0, 0.1) is 5.82 Å². The maximum atomic E-state index is 13.4. The van der Waals surface area contributed by atoms with Crippen molar-refractivity contribution in [3.8, 4) is 5.75 Å². The van der Waals surface area contributed by atoms with Crippen molar-refractivity contribution in [2.24, 2.45) is 7.05 Å². The number of benzene rings is 1. The zero-order valence-corrected chi connectivity index (χ0v) is 9.41. The van der Waals surface area contributed by atoms with Crippen molar-refractivity contribution < 1.29 is 9.13 Å². The first-order valence-corrected chi connectivity index (χ1v) is 5.09. The van der Waals surface area contributed by atoms with Crippen molar-refractivity contribution in [1.82, 2.24) is 9.78 Å². The smallest absolute Gasteiger partial charge is 0.157 e. The Balaban J connectivity index is 2.10. The fraction of sp³-hybridized carbons (Fsp3) is 0.182. The summed E-state index contributed by atoms with van der Waals surface area (Å²) in [6, 6.07) is 4.55. The quantitative estimate of drug-likeness (QED) is 0.825. The van der Waals surface area contributed by atoms with E-state index in [0.29, 0.717) is 16.3 Å². The molecule has 1 aromatic carbocycles. The van der Waals surface area contributed by atoms with Crippen LogP contribution < -0.4 is 4.74 Å². The summed E-state index contributed by atoms with van der Waals surface area (Å²) in [4.78, 5) is 0. The Morgan fingerprint density at radius 1 is 1.50 bits per heavy atom. The SMILES string of the molecule is Cn1cc(OCc2c(F)cccc2Cl)cn1. The molecule has 2 aromatic rings. The molecule has 5 heteroatoms. The van der Waals surface area contributed by atoms with E-state index in [1.807, 2.05) is 0 Å². The molecule has 0 unspecified atom stereocenters. The molecule has 0 spiro atoms. The van der Waals surface area contributed by atoms with Gasteiger partial charge in [0.1, 0.15) is 12.4 Å². The molecule has 0 radical (unpaired) electrons. The highest BCUT2D eigenvalue weighted by molar-refractivity contribution is 6.31. The Kier molecular flexibility index (Phi) is 3.10. The molecule has 1 aromatic heterocycles. The van der Waals surface area contributed by atoms with Gasteiger partial charge in [0.05, 0.1) is 17.4 Å². The molecule has 0 atom stereocenters. The van der Waals surface area contributed by atoms with Crippen LogP contribution in [0.5, 0.6) is 5.75 Å². The molecule has 0 aliphatic rings. The first kappa shape index (κ1) is 11.0. The van der Waals surface area contributed by atoms with E-state index in [0.717, 1.165) is 0 Å². The average Bonchev–Trinajstić information content (AvgIpc) is 2.63. The number of aryl methyl sites for hydroxylation is 1. The fourth-order valence-corrected chi connectivity index (χ4v) is 1.52. The van der Waals surface area contributed by atoms with E-state index in [2.05, 4.69) is 5.10 Å². The van der Waals surface area contributed by atoms with Crippen LogP contribution in [0.1, 0.15) is 5.56 Å². The van der Waals surface area contributed by atoms with Gasteiger partial charge in [-0.1, -0.05) is 17.7 Å². The van der Waals surface area contributed by atoms with E-state index in [1.54, 1.807) is 36.3 Å². The van der Waals surface area contributed by atoms with Crippen LogP contribution in [0.15, 0.2) is 30.6 Å². The predicted molar refractivity (Wildman–Crippen MR) is 59.0 cm³/mol. The summed E-state index contributed by atoms with van der Waals surface area (Å²) in [5.74, 6) is 0.221. The minimum absolute atomic E-state index is 0.0944. The second-order valence-corrected chi connectivity index (χ2v) is 3.75. The topological polar surface area (TPSA) is 27.1 Å². The van der Waals surface area contributed by atoms with Crippen LogP contribution >= 0.6 is 11.6 Å². The van der Waals surface area contributed by atoms with Crippen molar-refractivity contribution in [1.29, 1.82) is 0 Å². The van der Waals surface area contributed by atoms with E-state index >= 15 is 0 Å². The zero-order valence-electron chi connectivity index (χ0n) is 8.65. The largest absolute Gasteiger partial charge is 0.485 e. The number of ether oxygens (including phenoxy) is 1. The van der Waals surface area contributed by atoms with E-state index in [4.69, 9.17) is 16.3 Å². The highest BCUT2D eigenvalue weighted by Gasteiger charge is 2.07. The predicted octanol–water partition coefficient (Wildman–Crippen LogP) is 2.79. The lowest BCUT2D eigenvalue weighted by molar-refractivity contribution is 0.299. The molecule has 0 aliphatic carbocycles. The van der Waals surface area contributed by atoms with E-state index in [9.17, 15) is 4.39 Å². The third kappa shape index (κ3) is 2.33. The standard InChI is InChI=1S/C11H10ClFN2O/c1-15-6-8(5-14-15)16-7-9-10(12)3-2-4-11(9)13/h2-6H,7H2,1H3. The summed E-state index contributed by atoms with van der Waals surface area (Å²) in [6.45, 7) is 0.0944. The number of rotatable bonds is 3. The van der Waals surface area contributed by atoms with Gasteiger partial charge in [0.15, 0.2) is 5.75 Å². The molecule has 0 bridgehead atoms. The second kappa shape index (κ2) is 4.53. The minimum atomic E-state index is -0.364. The zero-order chi connectivity index (χ0) is 11.5. The first-order valence-electron chi connectivity index (χ1n) is 4.71. The van der Waals surface area contributed by atoms with Crippen LogP contribution in [-0.4, -0.2) is 9.78 Å². The lowest BCUT2D eigenvalue weighted by atomic mass is 10.2. The van der Waals surface area contributed by atoms with Gasteiger partial charge in [-0.05, 0) is 12.1 Å². The van der Waals surface area contributed by atoms with Gasteiger partial charge < -0.3 is 4.74 Å². The number of hydrogen-bond acceptors (Lipinski definition) is 2. The lowest BCUT2D eigenvalue weighted by Crippen LogP contribution is -1.98. The monoisotopic (exact) mass is 240 g/mol. The number of halogens is 2. The van der Waals surface area contributed by atoms with Gasteiger partial charge in [0, 0.05) is 12.6 Å². The summed E-state index contributed by atoms with van der Waals surface area (Å²) in [6.07, 6.45) is 3.27. The molecular formula is C11H10ClFN2O. The summed E-state index contributed by atoms with van der Waals surface area (Å²) >= 11 is 5.86. The molecule has 2 rings (SSSR count). The fourth-order valence-electron chi connectivity index (χ4n) is 1.30. The Bertz CT molecular complexity index is 478. The summed E-state index contributed by atoms with van der Waals surface area (Å²) in [7, 11) is 1.78. The maximum absolute atomic E-state index is 13.4. The molecule has 0 fully saturated rings. The molecule has 0 saturated heterocycles. The van der Waals surface area contributed by atoms with Gasteiger partial charge in [0.2, 0.25) is 0 Å². The average molecular weight is 241 g/mol. The van der Waals surface area contributed by atoms with Crippen LogP contribution in [0.3, 0.4) is 0 Å². The third-order valence-corrected chi connectivity index (χ3v) is 2.48. The van der Waals surface area contributed by atoms with Crippen molar-refractivity contribution in [2.45, 2.75) is 6.61 Å². The Morgan fingerprint density at radius 3 is 2.94 bits per heavy atom. The lowest BCUT2D eigenvalue weighted by Gasteiger charge is -2.06. The molecule has 0 N–H and O–H groups in total. The van der Waals surface area contributed by atoms with Gasteiger partial charge >= 0.3 is 0 Å². The molecular weight excluding hydrogens is 231 g/mol. The number of nitrogens with zero attached hydrogens (tertiary/aromatic N) is 2. The van der Waals surface area contributed by atoms with Gasteiger partial charge in [-0.3, -0.25) is 4.68 Å². The molecule has 3 nitrogen and oxygen atoms in total. The highest BCUT2D eigenvalue weighted by atomic mass is 35.5. The summed E-state index contributed by atoms with van der Waals surface area (Å²) < 4.78 is 20.3. The van der Waals surface area contributed by atoms with E-state index < -0.39 is 0 Å². The van der Waals surface area contributed by atoms with Gasteiger partial charge in [-0.15, -0.1) is 0 Å². The normalized spacial score (nSPS) is 10.4. The van der Waals surface area contributed by atoms with E-state index in [-0.39, 0.29) is 12.4 Å². The third-order valence-electron chi connectivity index (χ3n) is 2.13. The van der Waals surface area contributed by atoms with Crippen molar-refractivity contribution in [3.05, 3.63) is 47.0 Å². The van der Waals surface area contributed by atoms with Gasteiger partial charge in [-0.2, -0.15) is 5.10 Å². The molecule has 0 aliphatic heterocycles. The number of hydrogen-bond donors (Lipinski definition) is 0. The molecule has 84 valence electrons. The Hall–Kier alpha value is -1.55. The van der Waals surface area contributed by atoms with Crippen LogP contribution in [-0.2, 0) is 13.7 Å². The second-order valence-electron chi connectivity index (χ2n) is 3.34. The molecule has 16 heavy (non-hydrogen) atoms. The molecule has 0 amide bonds. The van der Waals surface area contributed by atoms with Gasteiger partial charge in [-0.25, -0.2) is 4.39 Å². The minimum Gasteiger partial charge on any atom is -0.485 e. The summed E-state index contributed by atoms with van der Waals surface area (Å²) in [5.41, 5.74) is 0.355. The highest BCUT2D eigenvalue weighted by Crippen LogP contribution is 2.20. The van der Waals surface area contributed by atoms with Crippen LogP contribution in [0.25, 0.3) is 0 Å². The van der Waals surface area contributed by atoms with Gasteiger partial charge in [0.25, 0.3) is 0 Å². The molecule has 1 heterocycles. The Labute approximate surface area is 97.4 Å². The van der Waals surface area contributed by atoms with Crippen LogP contribution in [0.2, 0.25) is 5.02 Å². The van der Waals surface area contributed by atoms with Crippen LogP contribution in [0.4, 0.5) is 4.39 Å². The van der Waals surface area contributed by atoms with Crippen molar-refractivity contribution in [2.75, 3.05) is 0 Å². The molecule has 0 saturated carbocycles.